The molecule has 36 heavy (non-hydrogen) atoms. The number of alkyl halides is 3. The minimum Gasteiger partial charge on any atom is -0.353 e. The standard InChI is InChI=1S/C30H20F3N3/c1-18-14-21-22-16-20(30(31,32)33)17-24(26-10-5-6-13-34-26)29(22)36-28(21)23(15-18)27-12-7-11-25(35-27)19-8-3-2-4-9-19/h2-17,36H,1H3. The first-order valence-corrected chi connectivity index (χ1v) is 11.5. The van der Waals surface area contributed by atoms with Gasteiger partial charge in [0.05, 0.1) is 33.7 Å². The number of nitrogens with zero attached hydrogens (tertiary/aromatic N) is 2. The number of aryl methyl sites for hydroxylation is 1. The Balaban J connectivity index is 1.65. The zero-order chi connectivity index (χ0) is 24.9. The number of halogens is 3. The summed E-state index contributed by atoms with van der Waals surface area (Å²) in [6.45, 7) is 1.94. The summed E-state index contributed by atoms with van der Waals surface area (Å²) in [5.41, 5.74) is 5.86. The van der Waals surface area contributed by atoms with Crippen LogP contribution < -0.4 is 0 Å². The van der Waals surface area contributed by atoms with Crippen LogP contribution >= 0.6 is 0 Å². The summed E-state index contributed by atoms with van der Waals surface area (Å²) in [5.74, 6) is 0. The summed E-state index contributed by atoms with van der Waals surface area (Å²) in [6.07, 6.45) is -2.90. The molecule has 0 aliphatic carbocycles. The van der Waals surface area contributed by atoms with Crippen molar-refractivity contribution >= 4 is 21.8 Å². The number of H-pyrrole nitrogens is 1. The van der Waals surface area contributed by atoms with E-state index in [2.05, 4.69) is 9.97 Å². The van der Waals surface area contributed by atoms with E-state index in [1.807, 2.05) is 67.6 Å². The van der Waals surface area contributed by atoms with E-state index in [0.29, 0.717) is 22.2 Å². The van der Waals surface area contributed by atoms with E-state index in [1.165, 1.54) is 12.1 Å². The number of nitrogens with one attached hydrogen (secondary N) is 1. The van der Waals surface area contributed by atoms with E-state index in [1.54, 1.807) is 24.4 Å². The van der Waals surface area contributed by atoms with Crippen molar-refractivity contribution < 1.29 is 13.2 Å². The zero-order valence-corrected chi connectivity index (χ0v) is 19.3. The predicted molar refractivity (Wildman–Crippen MR) is 137 cm³/mol. The van der Waals surface area contributed by atoms with Crippen LogP contribution in [0.3, 0.4) is 0 Å². The number of benzene rings is 3. The molecule has 0 bridgehead atoms. The van der Waals surface area contributed by atoms with Crippen LogP contribution in [0.1, 0.15) is 11.1 Å². The largest absolute Gasteiger partial charge is 0.416 e. The fourth-order valence-corrected chi connectivity index (χ4v) is 4.69. The summed E-state index contributed by atoms with van der Waals surface area (Å²) in [7, 11) is 0. The number of hydrogen-bond acceptors (Lipinski definition) is 2. The van der Waals surface area contributed by atoms with Crippen molar-refractivity contribution in [1.29, 1.82) is 0 Å². The van der Waals surface area contributed by atoms with Gasteiger partial charge in [-0.2, -0.15) is 13.2 Å². The van der Waals surface area contributed by atoms with Crippen LogP contribution in [-0.4, -0.2) is 15.0 Å². The molecule has 0 spiro atoms. The topological polar surface area (TPSA) is 41.6 Å². The van der Waals surface area contributed by atoms with E-state index < -0.39 is 11.7 Å². The van der Waals surface area contributed by atoms with E-state index in [-0.39, 0.29) is 0 Å². The molecule has 0 radical (unpaired) electrons. The lowest BCUT2D eigenvalue weighted by Gasteiger charge is -2.10. The second kappa shape index (κ2) is 8.34. The Labute approximate surface area is 205 Å². The summed E-state index contributed by atoms with van der Waals surface area (Å²) >= 11 is 0. The van der Waals surface area contributed by atoms with E-state index >= 15 is 0 Å². The highest BCUT2D eigenvalue weighted by Gasteiger charge is 2.32. The molecule has 0 saturated carbocycles. The van der Waals surface area contributed by atoms with Crippen molar-refractivity contribution in [2.75, 3.05) is 0 Å². The molecule has 3 aromatic carbocycles. The molecule has 0 aliphatic rings. The summed E-state index contributed by atoms with van der Waals surface area (Å²) in [5, 5.41) is 1.22. The van der Waals surface area contributed by atoms with Gasteiger partial charge in [-0.3, -0.25) is 4.98 Å². The van der Waals surface area contributed by atoms with Crippen molar-refractivity contribution in [1.82, 2.24) is 15.0 Å². The predicted octanol–water partition coefficient (Wildman–Crippen LogP) is 8.44. The molecule has 6 heteroatoms. The maximum Gasteiger partial charge on any atom is 0.416 e. The van der Waals surface area contributed by atoms with Crippen LogP contribution in [0.4, 0.5) is 13.2 Å². The highest BCUT2D eigenvalue weighted by atomic mass is 19.4. The lowest BCUT2D eigenvalue weighted by molar-refractivity contribution is -0.137. The number of aromatic nitrogens is 3. The molecular weight excluding hydrogens is 459 g/mol. The SMILES string of the molecule is Cc1cc(-c2cccc(-c3ccccc3)n2)c2[nH]c3c(-c4ccccn4)cc(C(F)(F)F)cc3c2c1. The number of fused-ring (bicyclic) bond motifs is 3. The van der Waals surface area contributed by atoms with E-state index in [0.717, 1.165) is 39.0 Å². The third-order valence-electron chi connectivity index (χ3n) is 6.32. The molecule has 6 rings (SSSR count). The lowest BCUT2D eigenvalue weighted by Crippen LogP contribution is -2.05. The average Bonchev–Trinajstić information content (AvgIpc) is 3.27. The molecule has 3 nitrogen and oxygen atoms in total. The first-order chi connectivity index (χ1) is 17.4. The molecule has 0 atom stereocenters. The Morgan fingerprint density at radius 3 is 2.06 bits per heavy atom. The molecule has 1 N–H and O–H groups in total. The molecule has 0 amide bonds. The van der Waals surface area contributed by atoms with Gasteiger partial charge in [-0.15, -0.1) is 0 Å². The fraction of sp³-hybridized carbons (Fsp3) is 0.0667. The summed E-state index contributed by atoms with van der Waals surface area (Å²) < 4.78 is 41.7. The van der Waals surface area contributed by atoms with Gasteiger partial charge in [0, 0.05) is 33.7 Å². The van der Waals surface area contributed by atoms with Crippen LogP contribution in [0.5, 0.6) is 0 Å². The Bertz CT molecular complexity index is 1720. The zero-order valence-electron chi connectivity index (χ0n) is 19.3. The number of pyridine rings is 2. The molecule has 6 aromatic rings. The van der Waals surface area contributed by atoms with Crippen molar-refractivity contribution in [3.8, 4) is 33.8 Å². The van der Waals surface area contributed by atoms with Gasteiger partial charge in [0.1, 0.15) is 0 Å². The van der Waals surface area contributed by atoms with Crippen LogP contribution in [0.25, 0.3) is 55.6 Å². The highest BCUT2D eigenvalue weighted by Crippen LogP contribution is 2.41. The third-order valence-corrected chi connectivity index (χ3v) is 6.32. The van der Waals surface area contributed by atoms with Crippen LogP contribution in [0.2, 0.25) is 0 Å². The Morgan fingerprint density at radius 1 is 0.667 bits per heavy atom. The van der Waals surface area contributed by atoms with E-state index in [4.69, 9.17) is 4.98 Å². The molecule has 3 aromatic heterocycles. The molecule has 0 fully saturated rings. The van der Waals surface area contributed by atoms with Crippen molar-refractivity contribution in [2.24, 2.45) is 0 Å². The van der Waals surface area contributed by atoms with Crippen LogP contribution in [0, 0.1) is 6.92 Å². The quantitative estimate of drug-likeness (QED) is 0.277. The first-order valence-electron chi connectivity index (χ1n) is 11.5. The number of hydrogen-bond donors (Lipinski definition) is 1. The Kier molecular flexibility index (Phi) is 5.11. The maximum atomic E-state index is 13.9. The highest BCUT2D eigenvalue weighted by molar-refractivity contribution is 6.15. The molecule has 0 aliphatic heterocycles. The molecular formula is C30H20F3N3. The minimum absolute atomic E-state index is 0.409. The molecule has 176 valence electrons. The Hall–Kier alpha value is -4.45. The van der Waals surface area contributed by atoms with Gasteiger partial charge in [-0.25, -0.2) is 4.98 Å². The molecule has 3 heterocycles. The van der Waals surface area contributed by atoms with Gasteiger partial charge in [-0.1, -0.05) is 42.5 Å². The molecule has 0 saturated heterocycles. The normalized spacial score (nSPS) is 11.9. The molecule has 0 unspecified atom stereocenters. The van der Waals surface area contributed by atoms with Crippen molar-refractivity contribution in [3.63, 3.8) is 0 Å². The van der Waals surface area contributed by atoms with Gasteiger partial charge in [0.2, 0.25) is 0 Å². The van der Waals surface area contributed by atoms with Gasteiger partial charge < -0.3 is 4.98 Å². The number of aromatic amines is 1. The summed E-state index contributed by atoms with van der Waals surface area (Å²) in [4.78, 5) is 12.7. The summed E-state index contributed by atoms with van der Waals surface area (Å²) in [6, 6.07) is 27.2. The maximum absolute atomic E-state index is 13.9. The van der Waals surface area contributed by atoms with Crippen LogP contribution in [-0.2, 0) is 6.18 Å². The minimum atomic E-state index is -4.49. The van der Waals surface area contributed by atoms with Crippen LogP contribution in [0.15, 0.2) is 97.2 Å². The van der Waals surface area contributed by atoms with Gasteiger partial charge in [-0.05, 0) is 61.0 Å². The third kappa shape index (κ3) is 3.81. The fourth-order valence-electron chi connectivity index (χ4n) is 4.69. The van der Waals surface area contributed by atoms with Crippen molar-refractivity contribution in [3.05, 3.63) is 108 Å². The van der Waals surface area contributed by atoms with Gasteiger partial charge in [0.15, 0.2) is 0 Å². The lowest BCUT2D eigenvalue weighted by atomic mass is 9.99. The average molecular weight is 480 g/mol. The first kappa shape index (κ1) is 22.0. The van der Waals surface area contributed by atoms with Crippen molar-refractivity contribution in [2.45, 2.75) is 13.1 Å². The van der Waals surface area contributed by atoms with Gasteiger partial charge >= 0.3 is 6.18 Å². The Morgan fingerprint density at radius 2 is 1.33 bits per heavy atom. The second-order valence-corrected chi connectivity index (χ2v) is 8.79. The second-order valence-electron chi connectivity index (χ2n) is 8.79. The number of rotatable bonds is 3. The van der Waals surface area contributed by atoms with E-state index in [9.17, 15) is 13.2 Å². The smallest absolute Gasteiger partial charge is 0.353 e. The monoisotopic (exact) mass is 479 g/mol. The van der Waals surface area contributed by atoms with Gasteiger partial charge in [0.25, 0.3) is 0 Å².